The summed E-state index contributed by atoms with van der Waals surface area (Å²) >= 11 is 0. The Balaban J connectivity index is 1.98. The molecule has 82 valence electrons. The Labute approximate surface area is 89.9 Å². The van der Waals surface area contributed by atoms with Crippen LogP contribution in [0.4, 0.5) is 10.2 Å². The van der Waals surface area contributed by atoms with Gasteiger partial charge in [-0.3, -0.25) is 0 Å². The van der Waals surface area contributed by atoms with E-state index in [2.05, 4.69) is 17.2 Å². The molecule has 1 aromatic rings. The molecular weight excluding hydrogens is 191 g/mol. The highest BCUT2D eigenvalue weighted by atomic mass is 19.1. The van der Waals surface area contributed by atoms with Crippen molar-refractivity contribution in [3.63, 3.8) is 0 Å². The van der Waals surface area contributed by atoms with Crippen LogP contribution in [0.3, 0.4) is 0 Å². The summed E-state index contributed by atoms with van der Waals surface area (Å²) < 4.78 is 12.7. The molecule has 1 fully saturated rings. The van der Waals surface area contributed by atoms with E-state index in [1.807, 2.05) is 0 Å². The first-order valence-corrected chi connectivity index (χ1v) is 5.64. The summed E-state index contributed by atoms with van der Waals surface area (Å²) in [5.74, 6) is 1.19. The largest absolute Gasteiger partial charge is 0.367 e. The molecule has 3 heteroatoms. The third kappa shape index (κ3) is 2.67. The molecule has 1 heterocycles. The van der Waals surface area contributed by atoms with Gasteiger partial charge in [-0.05, 0) is 30.9 Å². The van der Waals surface area contributed by atoms with Crippen LogP contribution in [0.2, 0.25) is 0 Å². The molecule has 0 radical (unpaired) electrons. The van der Waals surface area contributed by atoms with Crippen LogP contribution < -0.4 is 5.32 Å². The van der Waals surface area contributed by atoms with Crippen LogP contribution in [-0.2, 0) is 0 Å². The normalized spacial score (nSPS) is 26.3. The molecule has 2 rings (SSSR count). The fraction of sp³-hybridized carbons (Fsp3) is 0.583. The van der Waals surface area contributed by atoms with Crippen LogP contribution in [0.15, 0.2) is 18.3 Å². The van der Waals surface area contributed by atoms with Gasteiger partial charge in [0, 0.05) is 6.04 Å². The Morgan fingerprint density at radius 3 is 2.80 bits per heavy atom. The monoisotopic (exact) mass is 208 g/mol. The SMILES string of the molecule is CC1CCCCC1Nc1ccc(F)cn1. The zero-order valence-corrected chi connectivity index (χ0v) is 9.04. The minimum atomic E-state index is -0.280. The molecule has 0 saturated heterocycles. The van der Waals surface area contributed by atoms with E-state index in [0.717, 1.165) is 5.82 Å². The highest BCUT2D eigenvalue weighted by Gasteiger charge is 2.20. The van der Waals surface area contributed by atoms with Gasteiger partial charge in [0.1, 0.15) is 11.6 Å². The number of anilines is 1. The summed E-state index contributed by atoms with van der Waals surface area (Å²) in [6, 6.07) is 3.65. The van der Waals surface area contributed by atoms with Crippen LogP contribution in [0.25, 0.3) is 0 Å². The molecule has 0 aromatic carbocycles. The molecule has 1 N–H and O–H groups in total. The molecule has 1 aliphatic carbocycles. The van der Waals surface area contributed by atoms with E-state index >= 15 is 0 Å². The number of nitrogens with one attached hydrogen (secondary N) is 1. The van der Waals surface area contributed by atoms with Crippen molar-refractivity contribution in [2.24, 2.45) is 5.92 Å². The van der Waals surface area contributed by atoms with Gasteiger partial charge in [0.05, 0.1) is 6.20 Å². The van der Waals surface area contributed by atoms with E-state index in [1.165, 1.54) is 37.9 Å². The summed E-state index contributed by atoms with van der Waals surface area (Å²) in [4.78, 5) is 4.02. The average molecular weight is 208 g/mol. The lowest BCUT2D eigenvalue weighted by atomic mass is 9.86. The lowest BCUT2D eigenvalue weighted by Crippen LogP contribution is -2.30. The first-order valence-electron chi connectivity index (χ1n) is 5.64. The second-order valence-electron chi connectivity index (χ2n) is 4.37. The van der Waals surface area contributed by atoms with Gasteiger partial charge in [0.2, 0.25) is 0 Å². The Bertz CT molecular complexity index is 310. The zero-order chi connectivity index (χ0) is 10.7. The Morgan fingerprint density at radius 1 is 1.33 bits per heavy atom. The van der Waals surface area contributed by atoms with Gasteiger partial charge >= 0.3 is 0 Å². The van der Waals surface area contributed by atoms with Crippen molar-refractivity contribution in [1.82, 2.24) is 4.98 Å². The number of pyridine rings is 1. The van der Waals surface area contributed by atoms with E-state index in [0.29, 0.717) is 12.0 Å². The summed E-state index contributed by atoms with van der Waals surface area (Å²) in [5.41, 5.74) is 0. The van der Waals surface area contributed by atoms with Crippen molar-refractivity contribution < 1.29 is 4.39 Å². The molecule has 2 nitrogen and oxygen atoms in total. The van der Waals surface area contributed by atoms with Gasteiger partial charge in [-0.1, -0.05) is 19.8 Å². The maximum absolute atomic E-state index is 12.7. The van der Waals surface area contributed by atoms with Gasteiger partial charge in [0.25, 0.3) is 0 Å². The number of halogens is 1. The molecule has 0 aliphatic heterocycles. The van der Waals surface area contributed by atoms with E-state index in [1.54, 1.807) is 6.07 Å². The van der Waals surface area contributed by atoms with Crippen molar-refractivity contribution in [2.45, 2.75) is 38.6 Å². The molecule has 0 amide bonds. The zero-order valence-electron chi connectivity index (χ0n) is 9.04. The van der Waals surface area contributed by atoms with Crippen LogP contribution in [0, 0.1) is 11.7 Å². The Morgan fingerprint density at radius 2 is 2.13 bits per heavy atom. The van der Waals surface area contributed by atoms with Crippen molar-refractivity contribution in [2.75, 3.05) is 5.32 Å². The first kappa shape index (κ1) is 10.4. The molecule has 0 spiro atoms. The summed E-state index contributed by atoms with van der Waals surface area (Å²) in [5, 5.41) is 3.38. The molecule has 2 atom stereocenters. The summed E-state index contributed by atoms with van der Waals surface area (Å²) in [7, 11) is 0. The van der Waals surface area contributed by atoms with Crippen molar-refractivity contribution >= 4 is 5.82 Å². The first-order chi connectivity index (χ1) is 7.25. The van der Waals surface area contributed by atoms with Gasteiger partial charge in [-0.2, -0.15) is 0 Å². The van der Waals surface area contributed by atoms with E-state index in [9.17, 15) is 4.39 Å². The second kappa shape index (κ2) is 4.60. The second-order valence-corrected chi connectivity index (χ2v) is 4.37. The van der Waals surface area contributed by atoms with E-state index in [4.69, 9.17) is 0 Å². The predicted octanol–water partition coefficient (Wildman–Crippen LogP) is 3.21. The smallest absolute Gasteiger partial charge is 0.141 e. The number of aromatic nitrogens is 1. The Hall–Kier alpha value is -1.12. The number of hydrogen-bond donors (Lipinski definition) is 1. The Kier molecular flexibility index (Phi) is 3.19. The molecule has 0 bridgehead atoms. The van der Waals surface area contributed by atoms with E-state index < -0.39 is 0 Å². The maximum Gasteiger partial charge on any atom is 0.141 e. The predicted molar refractivity (Wildman–Crippen MR) is 59.2 cm³/mol. The minimum absolute atomic E-state index is 0.280. The molecule has 1 saturated carbocycles. The quantitative estimate of drug-likeness (QED) is 0.807. The van der Waals surface area contributed by atoms with Crippen molar-refractivity contribution in [3.05, 3.63) is 24.1 Å². The highest BCUT2D eigenvalue weighted by molar-refractivity contribution is 5.35. The van der Waals surface area contributed by atoms with Crippen molar-refractivity contribution in [3.8, 4) is 0 Å². The van der Waals surface area contributed by atoms with Crippen LogP contribution in [0.5, 0.6) is 0 Å². The van der Waals surface area contributed by atoms with Gasteiger partial charge < -0.3 is 5.32 Å². The summed E-state index contributed by atoms with van der Waals surface area (Å²) in [6.07, 6.45) is 6.34. The average Bonchev–Trinajstić information content (AvgIpc) is 2.25. The molecule has 2 unspecified atom stereocenters. The fourth-order valence-electron chi connectivity index (χ4n) is 2.18. The topological polar surface area (TPSA) is 24.9 Å². The molecule has 15 heavy (non-hydrogen) atoms. The lowest BCUT2D eigenvalue weighted by molar-refractivity contribution is 0.349. The molecule has 1 aliphatic rings. The van der Waals surface area contributed by atoms with Crippen LogP contribution in [0.1, 0.15) is 32.6 Å². The maximum atomic E-state index is 12.7. The minimum Gasteiger partial charge on any atom is -0.367 e. The number of rotatable bonds is 2. The van der Waals surface area contributed by atoms with Crippen molar-refractivity contribution in [1.29, 1.82) is 0 Å². The van der Waals surface area contributed by atoms with Gasteiger partial charge in [-0.15, -0.1) is 0 Å². The van der Waals surface area contributed by atoms with Crippen LogP contribution >= 0.6 is 0 Å². The van der Waals surface area contributed by atoms with Gasteiger partial charge in [0.15, 0.2) is 0 Å². The number of hydrogen-bond acceptors (Lipinski definition) is 2. The summed E-state index contributed by atoms with van der Waals surface area (Å²) in [6.45, 7) is 2.26. The fourth-order valence-corrected chi connectivity index (χ4v) is 2.18. The molecule has 1 aromatic heterocycles. The van der Waals surface area contributed by atoms with Gasteiger partial charge in [-0.25, -0.2) is 9.37 Å². The van der Waals surface area contributed by atoms with E-state index in [-0.39, 0.29) is 5.82 Å². The van der Waals surface area contributed by atoms with Crippen LogP contribution in [-0.4, -0.2) is 11.0 Å². The standard InChI is InChI=1S/C12H17FN2/c1-9-4-2-3-5-11(9)15-12-7-6-10(13)8-14-12/h6-9,11H,2-5H2,1H3,(H,14,15). The third-order valence-electron chi connectivity index (χ3n) is 3.17. The third-order valence-corrected chi connectivity index (χ3v) is 3.17. The molecular formula is C12H17FN2. The number of nitrogens with zero attached hydrogens (tertiary/aromatic N) is 1. The highest BCUT2D eigenvalue weighted by Crippen LogP contribution is 2.26. The lowest BCUT2D eigenvalue weighted by Gasteiger charge is -2.29.